The van der Waals surface area contributed by atoms with E-state index in [1.165, 1.54) is 0 Å². The third-order valence-electron chi connectivity index (χ3n) is 3.05. The summed E-state index contributed by atoms with van der Waals surface area (Å²) in [7, 11) is 1.63. The zero-order valence-corrected chi connectivity index (χ0v) is 12.2. The molecule has 112 valence electrons. The lowest BCUT2D eigenvalue weighted by Gasteiger charge is -2.12. The van der Waals surface area contributed by atoms with Crippen LogP contribution < -0.4 is 19.9 Å². The molecule has 0 aliphatic rings. The van der Waals surface area contributed by atoms with Crippen LogP contribution in [0.5, 0.6) is 17.2 Å². The molecule has 4 heteroatoms. The Hall–Kier alpha value is -2.20. The molecule has 21 heavy (non-hydrogen) atoms. The molecule has 0 heterocycles. The molecule has 2 rings (SSSR count). The molecule has 0 unspecified atom stereocenters. The lowest BCUT2D eigenvalue weighted by atomic mass is 10.2. The highest BCUT2D eigenvalue weighted by Gasteiger charge is 2.04. The van der Waals surface area contributed by atoms with Crippen molar-refractivity contribution in [2.45, 2.75) is 13.0 Å². The van der Waals surface area contributed by atoms with Gasteiger partial charge in [-0.15, -0.1) is 0 Å². The first-order valence-corrected chi connectivity index (χ1v) is 7.01. The van der Waals surface area contributed by atoms with Gasteiger partial charge in [-0.05, 0) is 18.2 Å². The van der Waals surface area contributed by atoms with Crippen LogP contribution in [0.15, 0.2) is 48.5 Å². The Balaban J connectivity index is 1.78. The van der Waals surface area contributed by atoms with Crippen molar-refractivity contribution in [1.29, 1.82) is 0 Å². The molecule has 0 atom stereocenters. The second-order valence-electron chi connectivity index (χ2n) is 4.54. The standard InChI is InChI=1S/C17H21NO3/c1-19-16-9-8-14(13-18)17(12-16)21-11-5-10-20-15-6-3-2-4-7-15/h2-4,6-9,12H,5,10-11,13,18H2,1H3. The zero-order chi connectivity index (χ0) is 14.9. The first-order valence-electron chi connectivity index (χ1n) is 7.01. The van der Waals surface area contributed by atoms with Crippen LogP contribution in [-0.4, -0.2) is 20.3 Å². The van der Waals surface area contributed by atoms with Crippen molar-refractivity contribution in [2.24, 2.45) is 5.73 Å². The molecular weight excluding hydrogens is 266 g/mol. The molecule has 4 nitrogen and oxygen atoms in total. The van der Waals surface area contributed by atoms with Gasteiger partial charge in [0, 0.05) is 24.6 Å². The number of nitrogens with two attached hydrogens (primary N) is 1. The molecule has 0 spiro atoms. The SMILES string of the molecule is COc1ccc(CN)c(OCCCOc2ccccc2)c1. The Morgan fingerprint density at radius 3 is 2.38 bits per heavy atom. The third-order valence-corrected chi connectivity index (χ3v) is 3.05. The summed E-state index contributed by atoms with van der Waals surface area (Å²) in [5, 5.41) is 0. The second kappa shape index (κ2) is 8.17. The average molecular weight is 287 g/mol. The van der Waals surface area contributed by atoms with Gasteiger partial charge in [0.2, 0.25) is 0 Å². The molecular formula is C17H21NO3. The van der Waals surface area contributed by atoms with Crippen LogP contribution in [0.4, 0.5) is 0 Å². The van der Waals surface area contributed by atoms with Crippen molar-refractivity contribution >= 4 is 0 Å². The summed E-state index contributed by atoms with van der Waals surface area (Å²) in [6.07, 6.45) is 0.802. The van der Waals surface area contributed by atoms with Gasteiger partial charge < -0.3 is 19.9 Å². The first-order chi connectivity index (χ1) is 10.3. The predicted molar refractivity (Wildman–Crippen MR) is 82.9 cm³/mol. The lowest BCUT2D eigenvalue weighted by molar-refractivity contribution is 0.245. The maximum absolute atomic E-state index is 5.77. The zero-order valence-electron chi connectivity index (χ0n) is 12.2. The molecule has 0 radical (unpaired) electrons. The number of rotatable bonds is 8. The fraction of sp³-hybridized carbons (Fsp3) is 0.294. The normalized spacial score (nSPS) is 10.2. The van der Waals surface area contributed by atoms with E-state index < -0.39 is 0 Å². The molecule has 0 saturated carbocycles. The number of hydrogen-bond donors (Lipinski definition) is 1. The molecule has 2 N–H and O–H groups in total. The summed E-state index contributed by atoms with van der Waals surface area (Å²) in [4.78, 5) is 0. The van der Waals surface area contributed by atoms with E-state index in [-0.39, 0.29) is 0 Å². The Morgan fingerprint density at radius 2 is 1.67 bits per heavy atom. The van der Waals surface area contributed by atoms with Crippen LogP contribution in [0.25, 0.3) is 0 Å². The van der Waals surface area contributed by atoms with Gasteiger partial charge in [0.05, 0.1) is 20.3 Å². The van der Waals surface area contributed by atoms with E-state index in [0.29, 0.717) is 19.8 Å². The molecule has 2 aromatic rings. The smallest absolute Gasteiger partial charge is 0.127 e. The lowest BCUT2D eigenvalue weighted by Crippen LogP contribution is -2.07. The largest absolute Gasteiger partial charge is 0.497 e. The van der Waals surface area contributed by atoms with E-state index >= 15 is 0 Å². The van der Waals surface area contributed by atoms with Gasteiger partial charge in [-0.2, -0.15) is 0 Å². The fourth-order valence-electron chi connectivity index (χ4n) is 1.91. The average Bonchev–Trinajstić information content (AvgIpc) is 2.55. The van der Waals surface area contributed by atoms with Crippen LogP contribution in [0.3, 0.4) is 0 Å². The van der Waals surface area contributed by atoms with Gasteiger partial charge in [-0.1, -0.05) is 24.3 Å². The minimum absolute atomic E-state index is 0.444. The summed E-state index contributed by atoms with van der Waals surface area (Å²) in [6, 6.07) is 15.4. The van der Waals surface area contributed by atoms with Gasteiger partial charge >= 0.3 is 0 Å². The number of benzene rings is 2. The van der Waals surface area contributed by atoms with Gasteiger partial charge in [0.15, 0.2) is 0 Å². The quantitative estimate of drug-likeness (QED) is 0.758. The highest BCUT2D eigenvalue weighted by Crippen LogP contribution is 2.24. The van der Waals surface area contributed by atoms with Crippen molar-refractivity contribution in [2.75, 3.05) is 20.3 Å². The van der Waals surface area contributed by atoms with Crippen LogP contribution in [0.1, 0.15) is 12.0 Å². The van der Waals surface area contributed by atoms with E-state index in [2.05, 4.69) is 0 Å². The van der Waals surface area contributed by atoms with Crippen molar-refractivity contribution in [3.63, 3.8) is 0 Å². The van der Waals surface area contributed by atoms with Crippen molar-refractivity contribution in [1.82, 2.24) is 0 Å². The Kier molecular flexibility index (Phi) is 5.91. The Labute approximate surface area is 125 Å². The maximum Gasteiger partial charge on any atom is 0.127 e. The van der Waals surface area contributed by atoms with E-state index in [4.69, 9.17) is 19.9 Å². The monoisotopic (exact) mass is 287 g/mol. The number of hydrogen-bond acceptors (Lipinski definition) is 4. The molecule has 0 bridgehead atoms. The summed E-state index contributed by atoms with van der Waals surface area (Å²) >= 11 is 0. The van der Waals surface area contributed by atoms with Gasteiger partial charge in [0.25, 0.3) is 0 Å². The van der Waals surface area contributed by atoms with E-state index in [0.717, 1.165) is 29.2 Å². The maximum atomic E-state index is 5.77. The molecule has 0 fully saturated rings. The Morgan fingerprint density at radius 1 is 0.905 bits per heavy atom. The summed E-state index contributed by atoms with van der Waals surface area (Å²) in [6.45, 7) is 1.64. The summed E-state index contributed by atoms with van der Waals surface area (Å²) in [5.41, 5.74) is 6.68. The van der Waals surface area contributed by atoms with E-state index in [1.807, 2.05) is 48.5 Å². The molecule has 0 aliphatic carbocycles. The second-order valence-corrected chi connectivity index (χ2v) is 4.54. The van der Waals surface area contributed by atoms with Gasteiger partial charge in [0.1, 0.15) is 17.2 Å². The minimum Gasteiger partial charge on any atom is -0.497 e. The molecule has 2 aromatic carbocycles. The molecule has 0 saturated heterocycles. The van der Waals surface area contributed by atoms with E-state index in [1.54, 1.807) is 7.11 Å². The van der Waals surface area contributed by atoms with Crippen molar-refractivity contribution < 1.29 is 14.2 Å². The number of para-hydroxylation sites is 1. The highest BCUT2D eigenvalue weighted by molar-refractivity contribution is 5.40. The van der Waals surface area contributed by atoms with Crippen LogP contribution in [0, 0.1) is 0 Å². The van der Waals surface area contributed by atoms with Crippen LogP contribution in [0.2, 0.25) is 0 Å². The minimum atomic E-state index is 0.444. The molecule has 0 aliphatic heterocycles. The summed E-state index contributed by atoms with van der Waals surface area (Å²) < 4.78 is 16.6. The summed E-state index contributed by atoms with van der Waals surface area (Å²) in [5.74, 6) is 2.42. The van der Waals surface area contributed by atoms with Crippen LogP contribution in [-0.2, 0) is 6.54 Å². The molecule has 0 aromatic heterocycles. The van der Waals surface area contributed by atoms with Crippen LogP contribution >= 0.6 is 0 Å². The predicted octanol–water partition coefficient (Wildman–Crippen LogP) is 3.00. The molecule has 0 amide bonds. The first kappa shape index (κ1) is 15.2. The third kappa shape index (κ3) is 4.68. The highest BCUT2D eigenvalue weighted by atomic mass is 16.5. The van der Waals surface area contributed by atoms with Crippen molar-refractivity contribution in [3.8, 4) is 17.2 Å². The fourth-order valence-corrected chi connectivity index (χ4v) is 1.91. The topological polar surface area (TPSA) is 53.7 Å². The van der Waals surface area contributed by atoms with Gasteiger partial charge in [-0.25, -0.2) is 0 Å². The van der Waals surface area contributed by atoms with Gasteiger partial charge in [-0.3, -0.25) is 0 Å². The van der Waals surface area contributed by atoms with Crippen molar-refractivity contribution in [3.05, 3.63) is 54.1 Å². The number of methoxy groups -OCH3 is 1. The Bertz CT molecular complexity index is 543. The number of ether oxygens (including phenoxy) is 3. The van der Waals surface area contributed by atoms with E-state index in [9.17, 15) is 0 Å².